The van der Waals surface area contributed by atoms with Crippen molar-refractivity contribution in [2.45, 2.75) is 38.3 Å². The minimum atomic E-state index is -0.926. The van der Waals surface area contributed by atoms with E-state index in [1.165, 1.54) is 6.07 Å². The first kappa shape index (κ1) is 14.3. The monoisotopic (exact) mass is 257 g/mol. The number of hydrogen-bond acceptors (Lipinski definition) is 2. The SMILES string of the molecule is CC(C)C(C)S(=O)Cc1ccc(F)c(CN)c1. The Bertz CT molecular complexity index is 406. The van der Waals surface area contributed by atoms with Crippen molar-refractivity contribution in [2.24, 2.45) is 11.7 Å². The summed E-state index contributed by atoms with van der Waals surface area (Å²) in [4.78, 5) is 0. The summed E-state index contributed by atoms with van der Waals surface area (Å²) in [6.45, 7) is 6.26. The van der Waals surface area contributed by atoms with Gasteiger partial charge in [-0.2, -0.15) is 0 Å². The lowest BCUT2D eigenvalue weighted by Crippen LogP contribution is -2.19. The molecule has 0 radical (unpaired) electrons. The van der Waals surface area contributed by atoms with Gasteiger partial charge in [0.15, 0.2) is 0 Å². The third-order valence-corrected chi connectivity index (χ3v) is 4.98. The van der Waals surface area contributed by atoms with E-state index in [1.54, 1.807) is 12.1 Å². The molecule has 0 aliphatic carbocycles. The van der Waals surface area contributed by atoms with Crippen molar-refractivity contribution in [3.63, 3.8) is 0 Å². The molecule has 1 aromatic rings. The highest BCUT2D eigenvalue weighted by molar-refractivity contribution is 7.84. The molecule has 0 aliphatic heterocycles. The number of halogens is 1. The lowest BCUT2D eigenvalue weighted by atomic mass is 10.1. The van der Waals surface area contributed by atoms with Crippen LogP contribution in [0.1, 0.15) is 31.9 Å². The lowest BCUT2D eigenvalue weighted by molar-refractivity contribution is 0.603. The molecule has 0 spiro atoms. The number of rotatable bonds is 5. The molecule has 0 fully saturated rings. The van der Waals surface area contributed by atoms with Gasteiger partial charge in [-0.25, -0.2) is 4.39 Å². The van der Waals surface area contributed by atoms with E-state index in [9.17, 15) is 8.60 Å². The zero-order chi connectivity index (χ0) is 13.0. The first-order chi connectivity index (χ1) is 7.95. The first-order valence-electron chi connectivity index (χ1n) is 5.80. The standard InChI is InChI=1S/C13H20FNOS/c1-9(2)10(3)17(16)8-11-4-5-13(14)12(6-11)7-15/h4-6,9-10H,7-8,15H2,1-3H3. The van der Waals surface area contributed by atoms with Crippen molar-refractivity contribution in [1.29, 1.82) is 0 Å². The zero-order valence-corrected chi connectivity index (χ0v) is 11.4. The van der Waals surface area contributed by atoms with Gasteiger partial charge >= 0.3 is 0 Å². The Kier molecular flexibility index (Phi) is 5.28. The Hall–Kier alpha value is -0.740. The predicted octanol–water partition coefficient (Wildman–Crippen LogP) is 2.58. The molecule has 96 valence electrons. The molecule has 0 saturated carbocycles. The molecule has 2 unspecified atom stereocenters. The molecular formula is C13H20FNOS. The third-order valence-electron chi connectivity index (χ3n) is 2.99. The van der Waals surface area contributed by atoms with Gasteiger partial charge in [-0.1, -0.05) is 32.9 Å². The van der Waals surface area contributed by atoms with E-state index in [0.29, 0.717) is 17.2 Å². The van der Waals surface area contributed by atoms with Crippen LogP contribution in [0.15, 0.2) is 18.2 Å². The Morgan fingerprint density at radius 2 is 2.00 bits per heavy atom. The predicted molar refractivity (Wildman–Crippen MR) is 70.4 cm³/mol. The summed E-state index contributed by atoms with van der Waals surface area (Å²) in [5.74, 6) is 0.552. The highest BCUT2D eigenvalue weighted by Crippen LogP contribution is 2.16. The molecule has 2 nitrogen and oxygen atoms in total. The maximum Gasteiger partial charge on any atom is 0.127 e. The van der Waals surface area contributed by atoms with Gasteiger partial charge < -0.3 is 5.73 Å². The second-order valence-electron chi connectivity index (χ2n) is 4.60. The number of benzene rings is 1. The van der Waals surface area contributed by atoms with Gasteiger partial charge in [-0.3, -0.25) is 4.21 Å². The van der Waals surface area contributed by atoms with Crippen molar-refractivity contribution in [3.05, 3.63) is 35.1 Å². The Labute approximate surface area is 105 Å². The van der Waals surface area contributed by atoms with Crippen LogP contribution < -0.4 is 5.73 Å². The highest BCUT2D eigenvalue weighted by Gasteiger charge is 2.15. The fourth-order valence-electron chi connectivity index (χ4n) is 1.47. The summed E-state index contributed by atoms with van der Waals surface area (Å²) in [5, 5.41) is 0.140. The normalized spacial score (nSPS) is 14.9. The number of hydrogen-bond donors (Lipinski definition) is 1. The minimum Gasteiger partial charge on any atom is -0.326 e. The quantitative estimate of drug-likeness (QED) is 0.881. The van der Waals surface area contributed by atoms with E-state index in [-0.39, 0.29) is 17.6 Å². The molecule has 0 heterocycles. The van der Waals surface area contributed by atoms with Gasteiger partial charge in [0.25, 0.3) is 0 Å². The summed E-state index contributed by atoms with van der Waals surface area (Å²) in [7, 11) is -0.926. The molecule has 4 heteroatoms. The first-order valence-corrected chi connectivity index (χ1v) is 7.18. The van der Waals surface area contributed by atoms with E-state index in [1.807, 2.05) is 6.92 Å². The van der Waals surface area contributed by atoms with Gasteiger partial charge in [-0.05, 0) is 17.5 Å². The molecule has 0 aliphatic rings. The Morgan fingerprint density at radius 1 is 1.35 bits per heavy atom. The van der Waals surface area contributed by atoms with Crippen LogP contribution in [0.2, 0.25) is 0 Å². The smallest absolute Gasteiger partial charge is 0.127 e. The van der Waals surface area contributed by atoms with Gasteiger partial charge in [0.05, 0.1) is 0 Å². The van der Waals surface area contributed by atoms with Crippen LogP contribution >= 0.6 is 0 Å². The van der Waals surface area contributed by atoms with E-state index < -0.39 is 10.8 Å². The summed E-state index contributed by atoms with van der Waals surface area (Å²) >= 11 is 0. The molecular weight excluding hydrogens is 237 g/mol. The van der Waals surface area contributed by atoms with Gasteiger partial charge in [0.1, 0.15) is 5.82 Å². The van der Waals surface area contributed by atoms with Crippen molar-refractivity contribution < 1.29 is 8.60 Å². The van der Waals surface area contributed by atoms with Crippen LogP contribution in [0.5, 0.6) is 0 Å². The van der Waals surface area contributed by atoms with Crippen LogP contribution in [-0.2, 0) is 23.1 Å². The molecule has 2 atom stereocenters. The van der Waals surface area contributed by atoms with Crippen molar-refractivity contribution >= 4 is 10.8 Å². The average Bonchev–Trinajstić information content (AvgIpc) is 2.30. The zero-order valence-electron chi connectivity index (χ0n) is 10.6. The fourth-order valence-corrected chi connectivity index (χ4v) is 2.85. The van der Waals surface area contributed by atoms with Crippen LogP contribution in [0.4, 0.5) is 4.39 Å². The Balaban J connectivity index is 2.78. The van der Waals surface area contributed by atoms with E-state index >= 15 is 0 Å². The summed E-state index contributed by atoms with van der Waals surface area (Å²) in [6.07, 6.45) is 0. The van der Waals surface area contributed by atoms with Crippen LogP contribution in [0, 0.1) is 11.7 Å². The van der Waals surface area contributed by atoms with Crippen LogP contribution in [0.3, 0.4) is 0 Å². The second kappa shape index (κ2) is 6.26. The summed E-state index contributed by atoms with van der Waals surface area (Å²) < 4.78 is 25.3. The van der Waals surface area contributed by atoms with Crippen LogP contribution in [-0.4, -0.2) is 9.46 Å². The average molecular weight is 257 g/mol. The Morgan fingerprint density at radius 3 is 2.53 bits per heavy atom. The molecule has 1 aromatic carbocycles. The van der Waals surface area contributed by atoms with Gasteiger partial charge in [0.2, 0.25) is 0 Å². The van der Waals surface area contributed by atoms with Crippen molar-refractivity contribution in [2.75, 3.05) is 0 Å². The van der Waals surface area contributed by atoms with E-state index in [2.05, 4.69) is 13.8 Å². The maximum absolute atomic E-state index is 13.2. The summed E-state index contributed by atoms with van der Waals surface area (Å²) in [6, 6.07) is 4.79. The molecule has 1 rings (SSSR count). The maximum atomic E-state index is 13.2. The van der Waals surface area contributed by atoms with E-state index in [4.69, 9.17) is 5.73 Å². The lowest BCUT2D eigenvalue weighted by Gasteiger charge is -2.15. The van der Waals surface area contributed by atoms with Gasteiger partial charge in [0, 0.05) is 33.9 Å². The largest absolute Gasteiger partial charge is 0.326 e. The fraction of sp³-hybridized carbons (Fsp3) is 0.538. The minimum absolute atomic E-state index is 0.140. The van der Waals surface area contributed by atoms with Crippen molar-refractivity contribution in [3.8, 4) is 0 Å². The molecule has 0 aromatic heterocycles. The third kappa shape index (κ3) is 3.89. The number of nitrogens with two attached hydrogens (primary N) is 1. The molecule has 0 bridgehead atoms. The second-order valence-corrected chi connectivity index (χ2v) is 6.40. The molecule has 17 heavy (non-hydrogen) atoms. The topological polar surface area (TPSA) is 43.1 Å². The van der Waals surface area contributed by atoms with E-state index in [0.717, 1.165) is 5.56 Å². The molecule has 0 amide bonds. The summed E-state index contributed by atoms with van der Waals surface area (Å²) in [5.41, 5.74) is 6.81. The highest BCUT2D eigenvalue weighted by atomic mass is 32.2. The molecule has 0 saturated heterocycles. The van der Waals surface area contributed by atoms with Gasteiger partial charge in [-0.15, -0.1) is 0 Å². The molecule has 2 N–H and O–H groups in total. The van der Waals surface area contributed by atoms with Crippen molar-refractivity contribution in [1.82, 2.24) is 0 Å². The van der Waals surface area contributed by atoms with Crippen LogP contribution in [0.25, 0.3) is 0 Å².